The molecule has 1 atom stereocenters. The van der Waals surface area contributed by atoms with Gasteiger partial charge in [-0.05, 0) is 78.9 Å². The number of aryl methyl sites for hydroxylation is 1. The van der Waals surface area contributed by atoms with Crippen molar-refractivity contribution in [2.45, 2.75) is 33.0 Å². The fourth-order valence-corrected chi connectivity index (χ4v) is 5.87. The third kappa shape index (κ3) is 8.59. The first kappa shape index (κ1) is 33.6. The lowest BCUT2D eigenvalue weighted by molar-refractivity contribution is 0.220. The van der Waals surface area contributed by atoms with Crippen LogP contribution < -0.4 is 24.4 Å². The number of hydrogen-bond donors (Lipinski definition) is 2. The van der Waals surface area contributed by atoms with E-state index in [0.717, 1.165) is 59.0 Å². The molecule has 12 heteroatoms. The summed E-state index contributed by atoms with van der Waals surface area (Å²) >= 11 is 0. The van der Waals surface area contributed by atoms with Crippen molar-refractivity contribution in [1.82, 2.24) is 29.8 Å². The van der Waals surface area contributed by atoms with Crippen LogP contribution in [0.15, 0.2) is 79.1 Å². The summed E-state index contributed by atoms with van der Waals surface area (Å²) in [7, 11) is 4.91. The number of aliphatic hydroxyl groups is 1. The Balaban J connectivity index is 1.38. The summed E-state index contributed by atoms with van der Waals surface area (Å²) in [5.74, 6) is 4.64. The first-order valence-corrected chi connectivity index (χ1v) is 16.3. The van der Waals surface area contributed by atoms with Crippen LogP contribution in [0.3, 0.4) is 0 Å². The number of ether oxygens (including phenoxy) is 3. The molecule has 6 rings (SSSR count). The average Bonchev–Trinajstić information content (AvgIpc) is 3.60. The Morgan fingerprint density at radius 2 is 1.51 bits per heavy atom. The summed E-state index contributed by atoms with van der Waals surface area (Å²) in [4.78, 5) is 28.4. The number of nitrogens with zero attached hydrogens (tertiary/aromatic N) is 7. The van der Waals surface area contributed by atoms with Crippen LogP contribution in [0.2, 0.25) is 0 Å². The zero-order valence-electron chi connectivity index (χ0n) is 28.3. The van der Waals surface area contributed by atoms with Crippen molar-refractivity contribution in [3.63, 3.8) is 0 Å². The number of likely N-dealkylation sites (tertiary alicyclic amines) is 1. The van der Waals surface area contributed by atoms with Crippen molar-refractivity contribution in [3.05, 3.63) is 102 Å². The SMILES string of the molecule is COc1ccc(CN(Cc2ccc(OC)cc2)c2nc(C)nc(-c3cc(CN4CCC(CO)C4)cnc3Nc3ccc(OC)nc3)n2)cc1. The highest BCUT2D eigenvalue weighted by atomic mass is 16.5. The van der Waals surface area contributed by atoms with Gasteiger partial charge in [-0.15, -0.1) is 0 Å². The maximum atomic E-state index is 9.68. The van der Waals surface area contributed by atoms with Gasteiger partial charge in [0.15, 0.2) is 5.82 Å². The molecule has 5 aromatic rings. The van der Waals surface area contributed by atoms with Gasteiger partial charge in [-0.3, -0.25) is 4.90 Å². The molecular weight excluding hydrogens is 620 g/mol. The third-order valence-corrected chi connectivity index (χ3v) is 8.51. The number of hydrogen-bond acceptors (Lipinski definition) is 12. The largest absolute Gasteiger partial charge is 0.497 e. The Kier molecular flexibility index (Phi) is 10.8. The van der Waals surface area contributed by atoms with Crippen LogP contribution in [-0.2, 0) is 19.6 Å². The first-order valence-electron chi connectivity index (χ1n) is 16.3. The highest BCUT2D eigenvalue weighted by molar-refractivity contribution is 5.75. The average molecular weight is 663 g/mol. The second kappa shape index (κ2) is 15.7. The summed E-state index contributed by atoms with van der Waals surface area (Å²) in [6, 6.07) is 21.8. The Morgan fingerprint density at radius 3 is 2.08 bits per heavy atom. The van der Waals surface area contributed by atoms with Crippen molar-refractivity contribution >= 4 is 17.5 Å². The quantitative estimate of drug-likeness (QED) is 0.157. The van der Waals surface area contributed by atoms with E-state index >= 15 is 0 Å². The van der Waals surface area contributed by atoms with Crippen LogP contribution in [0.25, 0.3) is 11.4 Å². The van der Waals surface area contributed by atoms with E-state index in [2.05, 4.69) is 26.2 Å². The standard InChI is InChI=1S/C37H42N8O4/c1-25-40-36(43-37(41-25)45(22-26-5-10-31(47-2)11-6-26)23-27-7-12-32(48-3)13-8-27)33-17-29(21-44-16-15-28(20-44)24-46)18-39-35(33)42-30-9-14-34(49-4)38-19-30/h5-14,17-19,28,46H,15-16,20-24H2,1-4H3,(H,39,42). The molecule has 0 bridgehead atoms. The highest BCUT2D eigenvalue weighted by Gasteiger charge is 2.23. The number of aromatic nitrogens is 5. The van der Waals surface area contributed by atoms with Gasteiger partial charge in [0.25, 0.3) is 0 Å². The van der Waals surface area contributed by atoms with Gasteiger partial charge in [0.05, 0.1) is 38.8 Å². The fraction of sp³-hybridized carbons (Fsp3) is 0.324. The molecule has 12 nitrogen and oxygen atoms in total. The summed E-state index contributed by atoms with van der Waals surface area (Å²) in [6.45, 7) is 5.68. The Bertz CT molecular complexity index is 1770. The molecule has 1 aliphatic heterocycles. The fourth-order valence-electron chi connectivity index (χ4n) is 5.87. The van der Waals surface area contributed by atoms with Crippen LogP contribution in [0.1, 0.15) is 28.9 Å². The second-order valence-corrected chi connectivity index (χ2v) is 12.1. The van der Waals surface area contributed by atoms with E-state index in [1.807, 2.05) is 67.7 Å². The molecule has 0 saturated carbocycles. The molecule has 3 aromatic heterocycles. The molecule has 1 aliphatic rings. The zero-order chi connectivity index (χ0) is 34.2. The van der Waals surface area contributed by atoms with Gasteiger partial charge in [0.1, 0.15) is 23.1 Å². The van der Waals surface area contributed by atoms with E-state index in [0.29, 0.717) is 54.8 Å². The van der Waals surface area contributed by atoms with Gasteiger partial charge in [0, 0.05) is 45.0 Å². The van der Waals surface area contributed by atoms with Crippen molar-refractivity contribution in [2.75, 3.05) is 51.2 Å². The third-order valence-electron chi connectivity index (χ3n) is 8.51. The van der Waals surface area contributed by atoms with E-state index in [1.54, 1.807) is 33.6 Å². The summed E-state index contributed by atoms with van der Waals surface area (Å²) in [5.41, 5.74) is 4.68. The topological polar surface area (TPSA) is 131 Å². The molecule has 1 fully saturated rings. The van der Waals surface area contributed by atoms with Gasteiger partial charge in [-0.1, -0.05) is 24.3 Å². The van der Waals surface area contributed by atoms with Gasteiger partial charge in [-0.2, -0.15) is 9.97 Å². The first-order chi connectivity index (χ1) is 23.9. The molecule has 0 amide bonds. The molecule has 2 N–H and O–H groups in total. The Labute approximate surface area is 286 Å². The molecule has 1 unspecified atom stereocenters. The minimum atomic E-state index is 0.204. The van der Waals surface area contributed by atoms with Gasteiger partial charge >= 0.3 is 0 Å². The number of aliphatic hydroxyl groups excluding tert-OH is 1. The van der Waals surface area contributed by atoms with Crippen LogP contribution in [0.5, 0.6) is 17.4 Å². The van der Waals surface area contributed by atoms with Crippen LogP contribution in [-0.4, -0.2) is 76.0 Å². The number of nitrogens with one attached hydrogen (secondary N) is 1. The summed E-state index contributed by atoms with van der Waals surface area (Å²) in [6.07, 6.45) is 4.56. The van der Waals surface area contributed by atoms with Crippen molar-refractivity contribution in [1.29, 1.82) is 0 Å². The Morgan fingerprint density at radius 1 is 0.816 bits per heavy atom. The summed E-state index contributed by atoms with van der Waals surface area (Å²) < 4.78 is 16.0. The minimum absolute atomic E-state index is 0.204. The van der Waals surface area contributed by atoms with Gasteiger partial charge in [-0.25, -0.2) is 15.0 Å². The number of pyridine rings is 2. The predicted molar refractivity (Wildman–Crippen MR) is 188 cm³/mol. The lowest BCUT2D eigenvalue weighted by atomic mass is 10.1. The number of benzene rings is 2. The zero-order valence-corrected chi connectivity index (χ0v) is 28.3. The van der Waals surface area contributed by atoms with Crippen LogP contribution in [0.4, 0.5) is 17.5 Å². The smallest absolute Gasteiger partial charge is 0.229 e. The number of methoxy groups -OCH3 is 3. The highest BCUT2D eigenvalue weighted by Crippen LogP contribution is 2.31. The second-order valence-electron chi connectivity index (χ2n) is 12.1. The maximum Gasteiger partial charge on any atom is 0.229 e. The Hall–Kier alpha value is -5.33. The molecule has 1 saturated heterocycles. The monoisotopic (exact) mass is 662 g/mol. The lowest BCUT2D eigenvalue weighted by Gasteiger charge is -2.24. The molecular formula is C37H42N8O4. The van der Waals surface area contributed by atoms with Crippen molar-refractivity contribution in [2.24, 2.45) is 5.92 Å². The van der Waals surface area contributed by atoms with Gasteiger partial charge in [0.2, 0.25) is 11.8 Å². The summed E-state index contributed by atoms with van der Waals surface area (Å²) in [5, 5.41) is 13.1. The molecule has 0 spiro atoms. The number of anilines is 3. The van der Waals surface area contributed by atoms with E-state index in [4.69, 9.17) is 34.1 Å². The molecule has 49 heavy (non-hydrogen) atoms. The van der Waals surface area contributed by atoms with E-state index in [1.165, 1.54) is 0 Å². The molecule has 254 valence electrons. The van der Waals surface area contributed by atoms with E-state index in [-0.39, 0.29) is 6.61 Å². The number of rotatable bonds is 14. The lowest BCUT2D eigenvalue weighted by Crippen LogP contribution is -2.25. The molecule has 4 heterocycles. The molecule has 2 aromatic carbocycles. The van der Waals surface area contributed by atoms with Crippen LogP contribution >= 0.6 is 0 Å². The van der Waals surface area contributed by atoms with E-state index < -0.39 is 0 Å². The molecule has 0 aliphatic carbocycles. The van der Waals surface area contributed by atoms with Crippen molar-refractivity contribution in [3.8, 4) is 28.8 Å². The van der Waals surface area contributed by atoms with Gasteiger partial charge < -0.3 is 29.5 Å². The predicted octanol–water partition coefficient (Wildman–Crippen LogP) is 5.43. The normalized spacial score (nSPS) is 14.4. The molecule has 0 radical (unpaired) electrons. The van der Waals surface area contributed by atoms with Crippen LogP contribution in [0, 0.1) is 12.8 Å². The van der Waals surface area contributed by atoms with E-state index in [9.17, 15) is 5.11 Å². The van der Waals surface area contributed by atoms with Crippen molar-refractivity contribution < 1.29 is 19.3 Å². The maximum absolute atomic E-state index is 9.68. The minimum Gasteiger partial charge on any atom is -0.497 e.